The molecule has 0 aliphatic carbocycles. The fourth-order valence-corrected chi connectivity index (χ4v) is 2.17. The smallest absolute Gasteiger partial charge is 0.158 e. The molecule has 1 atom stereocenters. The predicted octanol–water partition coefficient (Wildman–Crippen LogP) is 3.68. The minimum atomic E-state index is 0.452. The van der Waals surface area contributed by atoms with Gasteiger partial charge in [0.15, 0.2) is 5.82 Å². The molecule has 0 aliphatic rings. The molecule has 1 heterocycles. The molecule has 0 amide bonds. The zero-order valence-corrected chi connectivity index (χ0v) is 13.9. The molecular weight excluding hydrogens is 264 g/mol. The average Bonchev–Trinajstić information content (AvgIpc) is 2.52. The fourth-order valence-electron chi connectivity index (χ4n) is 2.17. The highest BCUT2D eigenvalue weighted by atomic mass is 16.5. The molecule has 2 N–H and O–H groups in total. The van der Waals surface area contributed by atoms with Gasteiger partial charge in [-0.1, -0.05) is 33.1 Å². The largest absolute Gasteiger partial charge is 0.374 e. The van der Waals surface area contributed by atoms with E-state index in [0.717, 1.165) is 18.2 Å². The second-order valence-electron chi connectivity index (χ2n) is 5.24. The van der Waals surface area contributed by atoms with Gasteiger partial charge in [-0.25, -0.2) is 9.97 Å². The van der Waals surface area contributed by atoms with Gasteiger partial charge in [0.2, 0.25) is 0 Å². The molecule has 0 saturated heterocycles. The third-order valence-corrected chi connectivity index (χ3v) is 3.58. The number of hydrogen-bond donors (Lipinski definition) is 2. The Morgan fingerprint density at radius 2 is 1.95 bits per heavy atom. The van der Waals surface area contributed by atoms with Crippen LogP contribution in [0.25, 0.3) is 0 Å². The third kappa shape index (κ3) is 6.76. The molecular formula is C16H30N4O. The Morgan fingerprint density at radius 1 is 1.19 bits per heavy atom. The lowest BCUT2D eigenvalue weighted by Gasteiger charge is -2.16. The Balaban J connectivity index is 2.63. The second-order valence-corrected chi connectivity index (χ2v) is 5.24. The number of rotatable bonds is 11. The molecule has 1 unspecified atom stereocenters. The molecule has 0 aromatic carbocycles. The predicted molar refractivity (Wildman–Crippen MR) is 88.7 cm³/mol. The number of hydrogen-bond acceptors (Lipinski definition) is 5. The number of nitrogens with one attached hydrogen (secondary N) is 2. The van der Waals surface area contributed by atoms with Gasteiger partial charge in [0.1, 0.15) is 18.2 Å². The third-order valence-electron chi connectivity index (χ3n) is 3.58. The summed E-state index contributed by atoms with van der Waals surface area (Å²) in [6.07, 6.45) is 5.02. The van der Waals surface area contributed by atoms with Gasteiger partial charge in [-0.05, 0) is 19.3 Å². The van der Waals surface area contributed by atoms with Crippen LogP contribution >= 0.6 is 0 Å². The SMILES string of the molecule is CCCCC(CC)CNc1cc(NC)nc(COCC)n1. The zero-order valence-electron chi connectivity index (χ0n) is 13.9. The maximum atomic E-state index is 5.39. The highest BCUT2D eigenvalue weighted by molar-refractivity contribution is 5.47. The molecule has 0 aliphatic heterocycles. The highest BCUT2D eigenvalue weighted by Gasteiger charge is 2.08. The van der Waals surface area contributed by atoms with Gasteiger partial charge < -0.3 is 15.4 Å². The van der Waals surface area contributed by atoms with Crippen LogP contribution < -0.4 is 10.6 Å². The van der Waals surface area contributed by atoms with Gasteiger partial charge in [-0.15, -0.1) is 0 Å². The van der Waals surface area contributed by atoms with Gasteiger partial charge >= 0.3 is 0 Å². The molecule has 0 radical (unpaired) electrons. The van der Waals surface area contributed by atoms with E-state index in [1.165, 1.54) is 25.7 Å². The molecule has 1 aromatic rings. The highest BCUT2D eigenvalue weighted by Crippen LogP contribution is 2.16. The van der Waals surface area contributed by atoms with E-state index in [0.29, 0.717) is 25.0 Å². The first-order valence-corrected chi connectivity index (χ1v) is 8.10. The minimum Gasteiger partial charge on any atom is -0.374 e. The Kier molecular flexibility index (Phi) is 8.74. The average molecular weight is 294 g/mol. The summed E-state index contributed by atoms with van der Waals surface area (Å²) in [5.74, 6) is 3.11. The van der Waals surface area contributed by atoms with Crippen molar-refractivity contribution in [3.8, 4) is 0 Å². The molecule has 0 spiro atoms. The van der Waals surface area contributed by atoms with Crippen molar-refractivity contribution in [2.75, 3.05) is 30.8 Å². The number of unbranched alkanes of at least 4 members (excludes halogenated alkanes) is 1. The van der Waals surface area contributed by atoms with Gasteiger partial charge in [0, 0.05) is 26.3 Å². The molecule has 5 nitrogen and oxygen atoms in total. The minimum absolute atomic E-state index is 0.452. The van der Waals surface area contributed by atoms with Crippen molar-refractivity contribution in [3.63, 3.8) is 0 Å². The molecule has 5 heteroatoms. The van der Waals surface area contributed by atoms with Crippen molar-refractivity contribution in [1.29, 1.82) is 0 Å². The lowest BCUT2D eigenvalue weighted by molar-refractivity contribution is 0.128. The number of nitrogens with zero attached hydrogens (tertiary/aromatic N) is 2. The van der Waals surface area contributed by atoms with Gasteiger partial charge in [0.05, 0.1) is 0 Å². The molecule has 21 heavy (non-hydrogen) atoms. The maximum Gasteiger partial charge on any atom is 0.158 e. The van der Waals surface area contributed by atoms with Crippen molar-refractivity contribution in [2.24, 2.45) is 5.92 Å². The number of anilines is 2. The fraction of sp³-hybridized carbons (Fsp3) is 0.750. The number of aromatic nitrogens is 2. The summed E-state index contributed by atoms with van der Waals surface area (Å²) in [6, 6.07) is 1.95. The van der Waals surface area contributed by atoms with Crippen molar-refractivity contribution < 1.29 is 4.74 Å². The molecule has 0 fully saturated rings. The zero-order chi connectivity index (χ0) is 15.5. The lowest BCUT2D eigenvalue weighted by Crippen LogP contribution is -2.15. The molecule has 120 valence electrons. The first-order chi connectivity index (χ1) is 10.2. The molecule has 0 saturated carbocycles. The lowest BCUT2D eigenvalue weighted by atomic mass is 9.99. The van der Waals surface area contributed by atoms with Crippen LogP contribution in [0.5, 0.6) is 0 Å². The van der Waals surface area contributed by atoms with Gasteiger partial charge in [0.25, 0.3) is 0 Å². The van der Waals surface area contributed by atoms with Crippen LogP contribution in [-0.4, -0.2) is 30.2 Å². The topological polar surface area (TPSA) is 59.1 Å². The summed E-state index contributed by atoms with van der Waals surface area (Å²) in [6.45, 7) is 8.55. The van der Waals surface area contributed by atoms with Crippen LogP contribution in [0.2, 0.25) is 0 Å². The van der Waals surface area contributed by atoms with E-state index in [1.54, 1.807) is 0 Å². The normalized spacial score (nSPS) is 12.2. The molecule has 1 rings (SSSR count). The Morgan fingerprint density at radius 3 is 2.57 bits per heavy atom. The van der Waals surface area contributed by atoms with E-state index in [4.69, 9.17) is 4.74 Å². The molecule has 1 aromatic heterocycles. The van der Waals surface area contributed by atoms with Crippen molar-refractivity contribution in [2.45, 2.75) is 53.1 Å². The van der Waals surface area contributed by atoms with E-state index >= 15 is 0 Å². The summed E-state index contributed by atoms with van der Waals surface area (Å²) >= 11 is 0. The van der Waals surface area contributed by atoms with E-state index in [-0.39, 0.29) is 0 Å². The Hall–Kier alpha value is -1.36. The van der Waals surface area contributed by atoms with Gasteiger partial charge in [-0.3, -0.25) is 0 Å². The van der Waals surface area contributed by atoms with Crippen LogP contribution in [0.1, 0.15) is 52.3 Å². The Bertz CT molecular complexity index is 398. The molecule has 0 bridgehead atoms. The second kappa shape index (κ2) is 10.4. The van der Waals surface area contributed by atoms with Crippen molar-refractivity contribution in [3.05, 3.63) is 11.9 Å². The van der Waals surface area contributed by atoms with Crippen LogP contribution in [0.15, 0.2) is 6.07 Å². The standard InChI is InChI=1S/C16H30N4O/c1-5-8-9-13(6-2)11-18-15-10-14(17-4)19-16(20-15)12-21-7-3/h10,13H,5-9,11-12H2,1-4H3,(H2,17,18,19,20). The summed E-state index contributed by atoms with van der Waals surface area (Å²) in [7, 11) is 1.87. The number of ether oxygens (including phenoxy) is 1. The van der Waals surface area contributed by atoms with Crippen molar-refractivity contribution >= 4 is 11.6 Å². The van der Waals surface area contributed by atoms with Crippen LogP contribution in [-0.2, 0) is 11.3 Å². The van der Waals surface area contributed by atoms with Crippen LogP contribution in [0, 0.1) is 5.92 Å². The van der Waals surface area contributed by atoms with Crippen molar-refractivity contribution in [1.82, 2.24) is 9.97 Å². The van der Waals surface area contributed by atoms with E-state index in [2.05, 4.69) is 34.4 Å². The van der Waals surface area contributed by atoms with E-state index in [1.807, 2.05) is 20.0 Å². The van der Waals surface area contributed by atoms with E-state index < -0.39 is 0 Å². The van der Waals surface area contributed by atoms with Crippen LogP contribution in [0.3, 0.4) is 0 Å². The maximum absolute atomic E-state index is 5.39. The first kappa shape index (κ1) is 17.7. The summed E-state index contributed by atoms with van der Waals surface area (Å²) in [4.78, 5) is 8.92. The summed E-state index contributed by atoms with van der Waals surface area (Å²) < 4.78 is 5.39. The quantitative estimate of drug-likeness (QED) is 0.652. The van der Waals surface area contributed by atoms with E-state index in [9.17, 15) is 0 Å². The van der Waals surface area contributed by atoms with Gasteiger partial charge in [-0.2, -0.15) is 0 Å². The first-order valence-electron chi connectivity index (χ1n) is 8.10. The monoisotopic (exact) mass is 294 g/mol. The Labute approximate surface area is 128 Å². The summed E-state index contributed by atoms with van der Waals surface area (Å²) in [5, 5.41) is 6.52. The summed E-state index contributed by atoms with van der Waals surface area (Å²) in [5.41, 5.74) is 0. The van der Waals surface area contributed by atoms with Crippen LogP contribution in [0.4, 0.5) is 11.6 Å².